The van der Waals surface area contributed by atoms with Gasteiger partial charge in [-0.05, 0) is 63.3 Å². The summed E-state index contributed by atoms with van der Waals surface area (Å²) in [7, 11) is 1.98. The number of aldehydes is 1. The molecule has 2 rings (SSSR count). The third kappa shape index (κ3) is 14.6. The summed E-state index contributed by atoms with van der Waals surface area (Å²) in [6, 6.07) is 14.6. The van der Waals surface area contributed by atoms with E-state index in [4.69, 9.17) is 10.5 Å². The van der Waals surface area contributed by atoms with Crippen LogP contribution < -0.4 is 15.8 Å². The minimum atomic E-state index is -4.48. The van der Waals surface area contributed by atoms with Crippen LogP contribution in [-0.4, -0.2) is 43.5 Å². The number of carbonyl (C=O) groups excluding carboxylic acids is 1. The van der Waals surface area contributed by atoms with E-state index >= 15 is 0 Å². The Hall–Kier alpha value is -3.15. The predicted molar refractivity (Wildman–Crippen MR) is 135 cm³/mol. The molecule has 0 bridgehead atoms. The Morgan fingerprint density at radius 3 is 1.97 bits per heavy atom. The first-order valence-electron chi connectivity index (χ1n) is 11.5. The first-order chi connectivity index (χ1) is 17.6. The molecule has 2 aromatic rings. The van der Waals surface area contributed by atoms with Crippen LogP contribution >= 0.6 is 0 Å². The molecule has 212 valence electrons. The number of alkyl halides is 6. The molecule has 0 fully saturated rings. The largest absolute Gasteiger partial charge is 0.463 e. The van der Waals surface area contributed by atoms with E-state index in [0.717, 1.165) is 43.3 Å². The number of benzene rings is 2. The highest BCUT2D eigenvalue weighted by Gasteiger charge is 2.34. The van der Waals surface area contributed by atoms with Crippen LogP contribution in [0.4, 0.5) is 26.3 Å². The highest BCUT2D eigenvalue weighted by molar-refractivity contribution is 5.79. The van der Waals surface area contributed by atoms with Gasteiger partial charge in [-0.25, -0.2) is 0 Å². The van der Waals surface area contributed by atoms with Gasteiger partial charge in [0.2, 0.25) is 5.79 Å². The zero-order valence-corrected chi connectivity index (χ0v) is 21.5. The lowest BCUT2D eigenvalue weighted by Gasteiger charge is -2.24. The normalized spacial score (nSPS) is 13.2. The van der Waals surface area contributed by atoms with Gasteiger partial charge in [0.05, 0.1) is 11.1 Å². The molecule has 0 aliphatic carbocycles. The quantitative estimate of drug-likeness (QED) is 0.121. The van der Waals surface area contributed by atoms with Crippen LogP contribution in [0.2, 0.25) is 0 Å². The first-order valence-corrected chi connectivity index (χ1v) is 11.5. The van der Waals surface area contributed by atoms with E-state index < -0.39 is 34.8 Å². The minimum Gasteiger partial charge on any atom is -0.463 e. The van der Waals surface area contributed by atoms with Crippen LogP contribution in [0.25, 0.3) is 0 Å². The number of rotatable bonds is 9. The fraction of sp³-hybridized carbons (Fsp3) is 0.370. The molecule has 38 heavy (non-hydrogen) atoms. The second-order valence-electron chi connectivity index (χ2n) is 8.02. The number of hydrogen-bond acceptors (Lipinski definition) is 5. The number of halogens is 6. The molecule has 5 nitrogen and oxygen atoms in total. The van der Waals surface area contributed by atoms with E-state index in [-0.39, 0.29) is 25.0 Å². The van der Waals surface area contributed by atoms with Crippen molar-refractivity contribution >= 4 is 6.29 Å². The number of nitrogens with one attached hydrogen (secondary N) is 1. The van der Waals surface area contributed by atoms with Gasteiger partial charge in [-0.15, -0.1) is 0 Å². The molecular formula is C27H34F6N2O3. The van der Waals surface area contributed by atoms with Crippen molar-refractivity contribution in [2.75, 3.05) is 20.1 Å². The van der Waals surface area contributed by atoms with Gasteiger partial charge < -0.3 is 20.9 Å². The van der Waals surface area contributed by atoms with E-state index in [1.54, 1.807) is 0 Å². The molecule has 0 saturated carbocycles. The molecule has 0 amide bonds. The Morgan fingerprint density at radius 1 is 1.05 bits per heavy atom. The van der Waals surface area contributed by atoms with Crippen molar-refractivity contribution < 1.29 is 41.0 Å². The Bertz CT molecular complexity index is 987. The van der Waals surface area contributed by atoms with Crippen molar-refractivity contribution in [3.63, 3.8) is 0 Å². The average Bonchev–Trinajstić information content (AvgIpc) is 2.83. The second-order valence-corrected chi connectivity index (χ2v) is 8.02. The molecule has 4 N–H and O–H groups in total. The Labute approximate surface area is 219 Å². The number of likely N-dealkylation sites (N-methyl/N-ethyl adjacent to an activating group) is 1. The summed E-state index contributed by atoms with van der Waals surface area (Å²) in [5.74, 6) is -1.31. The van der Waals surface area contributed by atoms with E-state index in [9.17, 15) is 36.2 Å². The number of carbonyl (C=O) groups is 1. The fourth-order valence-electron chi connectivity index (χ4n) is 2.79. The second kappa shape index (κ2) is 16.6. The first kappa shape index (κ1) is 34.9. The van der Waals surface area contributed by atoms with Gasteiger partial charge >= 0.3 is 12.4 Å². The molecule has 2 aromatic carbocycles. The number of allylic oxidation sites excluding steroid dienone is 3. The van der Waals surface area contributed by atoms with Crippen molar-refractivity contribution in [3.05, 3.63) is 89.5 Å². The predicted octanol–water partition coefficient (Wildman–Crippen LogP) is 5.84. The van der Waals surface area contributed by atoms with E-state index in [0.29, 0.717) is 0 Å². The van der Waals surface area contributed by atoms with Gasteiger partial charge in [-0.1, -0.05) is 43.0 Å². The van der Waals surface area contributed by atoms with Crippen LogP contribution in [0.3, 0.4) is 0 Å². The maximum absolute atomic E-state index is 12.3. The Balaban J connectivity index is 0.000000569. The molecule has 0 aliphatic rings. The van der Waals surface area contributed by atoms with E-state index in [1.807, 2.05) is 13.1 Å². The van der Waals surface area contributed by atoms with Crippen LogP contribution in [-0.2, 0) is 17.4 Å². The summed E-state index contributed by atoms with van der Waals surface area (Å²) in [5, 5.41) is 12.8. The van der Waals surface area contributed by atoms with Crippen LogP contribution in [0.5, 0.6) is 5.75 Å². The van der Waals surface area contributed by atoms with Gasteiger partial charge in [0.15, 0.2) is 0 Å². The summed E-state index contributed by atoms with van der Waals surface area (Å²) in [6.45, 7) is 6.84. The van der Waals surface area contributed by atoms with Crippen molar-refractivity contribution in [2.45, 2.75) is 44.8 Å². The number of hydrogen-bond donors (Lipinski definition) is 3. The fourth-order valence-corrected chi connectivity index (χ4v) is 2.79. The van der Waals surface area contributed by atoms with E-state index in [2.05, 4.69) is 36.2 Å². The zero-order valence-electron chi connectivity index (χ0n) is 21.5. The van der Waals surface area contributed by atoms with Crippen molar-refractivity contribution in [1.82, 2.24) is 5.32 Å². The summed E-state index contributed by atoms with van der Waals surface area (Å²) in [4.78, 5) is 9.91. The molecule has 0 heterocycles. The molecular weight excluding hydrogens is 514 g/mol. The maximum Gasteiger partial charge on any atom is 0.416 e. The SMILES string of the molecule is C=C(C=O)/C(=C\C)C(F)(F)F.CC(O)(CCN)Oc1ccc(C(F)(F)F)cc1.CNCCc1ccccc1. The molecule has 0 aliphatic heterocycles. The maximum atomic E-state index is 12.3. The highest BCUT2D eigenvalue weighted by Crippen LogP contribution is 2.31. The number of aliphatic hydroxyl groups is 1. The number of ether oxygens (including phenoxy) is 1. The van der Waals surface area contributed by atoms with E-state index in [1.165, 1.54) is 19.4 Å². The standard InChI is InChI=1S/C11H14F3NO2.C9H13N.C7H7F3O/c1-10(16,6-7-15)17-9-4-2-8(3-5-9)11(12,13)14;1-10-8-7-9-5-3-2-4-6-9;1-3-6(5(2)4-11)7(8,9)10/h2-5,16H,6-7,15H2,1H3;2-6,10H,7-8H2,1H3;3-4H,2H2,1H3/b;;6-3+. The lowest BCUT2D eigenvalue weighted by atomic mass is 10.1. The molecule has 0 saturated heterocycles. The van der Waals surface area contributed by atoms with Crippen molar-refractivity contribution in [2.24, 2.45) is 5.73 Å². The van der Waals surface area contributed by atoms with Gasteiger partial charge in [0, 0.05) is 18.9 Å². The zero-order chi connectivity index (χ0) is 29.4. The Morgan fingerprint density at radius 2 is 1.61 bits per heavy atom. The Kier molecular flexibility index (Phi) is 15.3. The van der Waals surface area contributed by atoms with Crippen molar-refractivity contribution in [3.8, 4) is 5.75 Å². The molecule has 1 atom stereocenters. The summed E-state index contributed by atoms with van der Waals surface area (Å²) in [5.41, 5.74) is 4.38. The van der Waals surface area contributed by atoms with Gasteiger partial charge in [-0.3, -0.25) is 4.79 Å². The van der Waals surface area contributed by atoms with Gasteiger partial charge in [-0.2, -0.15) is 26.3 Å². The van der Waals surface area contributed by atoms with Gasteiger partial charge in [0.25, 0.3) is 0 Å². The lowest BCUT2D eigenvalue weighted by Crippen LogP contribution is -2.34. The topological polar surface area (TPSA) is 84.6 Å². The van der Waals surface area contributed by atoms with Crippen LogP contribution in [0.1, 0.15) is 31.4 Å². The smallest absolute Gasteiger partial charge is 0.416 e. The number of nitrogens with two attached hydrogens (primary N) is 1. The minimum absolute atomic E-state index is 0.0861. The summed E-state index contributed by atoms with van der Waals surface area (Å²) < 4.78 is 77.5. The molecule has 0 radical (unpaired) electrons. The summed E-state index contributed by atoms with van der Waals surface area (Å²) >= 11 is 0. The monoisotopic (exact) mass is 548 g/mol. The molecule has 0 aromatic heterocycles. The molecule has 1 unspecified atom stereocenters. The van der Waals surface area contributed by atoms with Gasteiger partial charge in [0.1, 0.15) is 12.0 Å². The summed E-state index contributed by atoms with van der Waals surface area (Å²) in [6.07, 6.45) is -6.64. The lowest BCUT2D eigenvalue weighted by molar-refractivity contribution is -0.137. The van der Waals surface area contributed by atoms with Crippen LogP contribution in [0.15, 0.2) is 78.4 Å². The molecule has 0 spiro atoms. The third-order valence-electron chi connectivity index (χ3n) is 4.72. The average molecular weight is 549 g/mol. The third-order valence-corrected chi connectivity index (χ3v) is 4.72. The highest BCUT2D eigenvalue weighted by atomic mass is 19.4. The molecule has 11 heteroatoms. The van der Waals surface area contributed by atoms with Crippen molar-refractivity contribution in [1.29, 1.82) is 0 Å². The van der Waals surface area contributed by atoms with Crippen LogP contribution in [0, 0.1) is 0 Å².